The Morgan fingerprint density at radius 1 is 1.08 bits per heavy atom. The smallest absolute Gasteiger partial charge is 0.256 e. The predicted octanol–water partition coefficient (Wildman–Crippen LogP) is 3.39. The van der Waals surface area contributed by atoms with Gasteiger partial charge in [0.25, 0.3) is 5.91 Å². The van der Waals surface area contributed by atoms with Gasteiger partial charge in [0.2, 0.25) is 0 Å². The number of likely N-dealkylation sites (tertiary alicyclic amines) is 1. The number of carbonyl (C=O) groups excluding carboxylic acids is 1. The molecule has 3 heterocycles. The number of halogens is 1. The summed E-state index contributed by atoms with van der Waals surface area (Å²) in [6.07, 6.45) is 4.87. The van der Waals surface area contributed by atoms with Crippen molar-refractivity contribution in [3.05, 3.63) is 47.9 Å². The van der Waals surface area contributed by atoms with Crippen molar-refractivity contribution in [2.24, 2.45) is 0 Å². The number of H-pyrrole nitrogens is 1. The number of piperidine rings is 1. The van der Waals surface area contributed by atoms with Crippen LogP contribution >= 0.6 is 0 Å². The fourth-order valence-corrected chi connectivity index (χ4v) is 3.10. The van der Waals surface area contributed by atoms with Gasteiger partial charge in [0, 0.05) is 24.8 Å². The number of hydrogen-bond acceptors (Lipinski definition) is 3. The zero-order valence-corrected chi connectivity index (χ0v) is 13.1. The molecule has 6 heteroatoms. The molecule has 0 radical (unpaired) electrons. The van der Waals surface area contributed by atoms with Crippen LogP contribution in [0.4, 0.5) is 4.39 Å². The quantitative estimate of drug-likeness (QED) is 0.786. The highest BCUT2D eigenvalue weighted by Gasteiger charge is 2.21. The maximum Gasteiger partial charge on any atom is 0.256 e. The molecule has 5 nitrogen and oxygen atoms in total. The summed E-state index contributed by atoms with van der Waals surface area (Å²) >= 11 is 0. The summed E-state index contributed by atoms with van der Waals surface area (Å²) in [5, 5.41) is 0. The van der Waals surface area contributed by atoms with Gasteiger partial charge >= 0.3 is 0 Å². The maximum absolute atomic E-state index is 13.1. The number of hydrogen-bond donors (Lipinski definition) is 1. The highest BCUT2D eigenvalue weighted by Crippen LogP contribution is 2.23. The molecule has 0 spiro atoms. The van der Waals surface area contributed by atoms with Crippen molar-refractivity contribution in [2.75, 3.05) is 13.1 Å². The molecule has 4 rings (SSSR count). The number of aromatic nitrogens is 3. The number of pyridine rings is 1. The molecule has 1 saturated heterocycles. The number of imidazole rings is 1. The minimum Gasteiger partial charge on any atom is -0.339 e. The van der Waals surface area contributed by atoms with E-state index in [9.17, 15) is 9.18 Å². The van der Waals surface area contributed by atoms with Gasteiger partial charge in [0.15, 0.2) is 5.65 Å². The summed E-state index contributed by atoms with van der Waals surface area (Å²) in [5.74, 6) is 0.293. The Morgan fingerprint density at radius 3 is 2.58 bits per heavy atom. The second kappa shape index (κ2) is 6.03. The van der Waals surface area contributed by atoms with Gasteiger partial charge in [-0.3, -0.25) is 4.79 Å². The van der Waals surface area contributed by atoms with Gasteiger partial charge in [-0.1, -0.05) is 0 Å². The zero-order valence-electron chi connectivity index (χ0n) is 13.1. The van der Waals surface area contributed by atoms with Crippen LogP contribution in [0.1, 0.15) is 29.6 Å². The molecule has 0 unspecified atom stereocenters. The summed E-state index contributed by atoms with van der Waals surface area (Å²) in [6.45, 7) is 1.59. The molecule has 1 aliphatic heterocycles. The van der Waals surface area contributed by atoms with E-state index < -0.39 is 0 Å². The molecule has 1 aliphatic rings. The maximum atomic E-state index is 13.1. The minimum atomic E-state index is -0.297. The Kier molecular flexibility index (Phi) is 3.72. The van der Waals surface area contributed by atoms with Crippen LogP contribution in [-0.2, 0) is 0 Å². The van der Waals surface area contributed by atoms with Crippen molar-refractivity contribution in [1.29, 1.82) is 0 Å². The van der Waals surface area contributed by atoms with Crippen molar-refractivity contribution >= 4 is 17.1 Å². The zero-order chi connectivity index (χ0) is 16.5. The lowest BCUT2D eigenvalue weighted by Gasteiger charge is -2.26. The molecule has 122 valence electrons. The summed E-state index contributed by atoms with van der Waals surface area (Å²) in [7, 11) is 0. The standard InChI is InChI=1S/C18H17FN4O/c19-13-6-4-12(5-7-13)16-21-15-14(8-9-20-17(15)22-16)18(24)23-10-2-1-3-11-23/h4-9H,1-3,10-11H2,(H,20,21,22). The topological polar surface area (TPSA) is 61.9 Å². The molecule has 24 heavy (non-hydrogen) atoms. The van der Waals surface area contributed by atoms with Crippen LogP contribution in [0.25, 0.3) is 22.6 Å². The predicted molar refractivity (Wildman–Crippen MR) is 89.0 cm³/mol. The first kappa shape index (κ1) is 14.8. The number of fused-ring (bicyclic) bond motifs is 1. The Bertz CT molecular complexity index is 882. The molecule has 0 saturated carbocycles. The Hall–Kier alpha value is -2.76. The van der Waals surface area contributed by atoms with Crippen molar-refractivity contribution in [2.45, 2.75) is 19.3 Å². The van der Waals surface area contributed by atoms with Gasteiger partial charge in [-0.25, -0.2) is 14.4 Å². The van der Waals surface area contributed by atoms with Gasteiger partial charge in [-0.15, -0.1) is 0 Å². The summed E-state index contributed by atoms with van der Waals surface area (Å²) in [4.78, 5) is 26.6. The van der Waals surface area contributed by atoms with E-state index in [1.54, 1.807) is 24.4 Å². The SMILES string of the molecule is O=C(c1ccnc2nc(-c3ccc(F)cc3)[nH]c12)N1CCCCC1. The lowest BCUT2D eigenvalue weighted by molar-refractivity contribution is 0.0726. The number of aromatic amines is 1. The van der Waals surface area contributed by atoms with E-state index in [1.165, 1.54) is 18.6 Å². The lowest BCUT2D eigenvalue weighted by atomic mass is 10.1. The van der Waals surface area contributed by atoms with E-state index in [-0.39, 0.29) is 11.7 Å². The number of rotatable bonds is 2. The molecule has 1 fully saturated rings. The van der Waals surface area contributed by atoms with Crippen molar-refractivity contribution in [1.82, 2.24) is 19.9 Å². The number of nitrogens with zero attached hydrogens (tertiary/aromatic N) is 3. The highest BCUT2D eigenvalue weighted by atomic mass is 19.1. The van der Waals surface area contributed by atoms with Crippen LogP contribution in [0.5, 0.6) is 0 Å². The van der Waals surface area contributed by atoms with E-state index in [4.69, 9.17) is 0 Å². The first-order valence-electron chi connectivity index (χ1n) is 8.12. The Balaban J connectivity index is 1.74. The Labute approximate surface area is 138 Å². The van der Waals surface area contributed by atoms with Crippen LogP contribution in [0.2, 0.25) is 0 Å². The second-order valence-corrected chi connectivity index (χ2v) is 6.00. The van der Waals surface area contributed by atoms with Gasteiger partial charge in [-0.05, 0) is 49.6 Å². The number of amides is 1. The molecule has 0 aliphatic carbocycles. The van der Waals surface area contributed by atoms with Gasteiger partial charge in [0.05, 0.1) is 11.1 Å². The first-order valence-corrected chi connectivity index (χ1v) is 8.12. The molecule has 0 atom stereocenters. The first-order chi connectivity index (χ1) is 11.7. The Morgan fingerprint density at radius 2 is 1.83 bits per heavy atom. The average Bonchev–Trinajstić information content (AvgIpc) is 3.06. The van der Waals surface area contributed by atoms with E-state index in [0.29, 0.717) is 22.6 Å². The van der Waals surface area contributed by atoms with E-state index >= 15 is 0 Å². The van der Waals surface area contributed by atoms with Crippen molar-refractivity contribution < 1.29 is 9.18 Å². The van der Waals surface area contributed by atoms with Crippen LogP contribution in [0.15, 0.2) is 36.5 Å². The fraction of sp³-hybridized carbons (Fsp3) is 0.278. The highest BCUT2D eigenvalue weighted by molar-refractivity contribution is 6.04. The normalized spacial score (nSPS) is 15.0. The third-order valence-corrected chi connectivity index (χ3v) is 4.38. The number of carbonyl (C=O) groups is 1. The summed E-state index contributed by atoms with van der Waals surface area (Å²) in [6, 6.07) is 7.80. The van der Waals surface area contributed by atoms with E-state index in [2.05, 4.69) is 15.0 Å². The van der Waals surface area contributed by atoms with Crippen LogP contribution in [-0.4, -0.2) is 38.8 Å². The molecule has 0 bridgehead atoms. The van der Waals surface area contributed by atoms with E-state index in [1.807, 2.05) is 4.90 Å². The van der Waals surface area contributed by atoms with Gasteiger partial charge in [0.1, 0.15) is 11.6 Å². The largest absolute Gasteiger partial charge is 0.339 e. The van der Waals surface area contributed by atoms with Crippen molar-refractivity contribution in [3.63, 3.8) is 0 Å². The van der Waals surface area contributed by atoms with Crippen LogP contribution in [0.3, 0.4) is 0 Å². The molecule has 1 aromatic carbocycles. The third-order valence-electron chi connectivity index (χ3n) is 4.38. The van der Waals surface area contributed by atoms with Gasteiger partial charge in [-0.2, -0.15) is 0 Å². The molecule has 3 aromatic rings. The number of benzene rings is 1. The minimum absolute atomic E-state index is 0.0106. The van der Waals surface area contributed by atoms with Crippen LogP contribution < -0.4 is 0 Å². The second-order valence-electron chi connectivity index (χ2n) is 6.00. The molecule has 1 N–H and O–H groups in total. The molecule has 1 amide bonds. The summed E-state index contributed by atoms with van der Waals surface area (Å²) in [5.41, 5.74) is 2.47. The number of nitrogens with one attached hydrogen (secondary N) is 1. The van der Waals surface area contributed by atoms with Crippen molar-refractivity contribution in [3.8, 4) is 11.4 Å². The molecule has 2 aromatic heterocycles. The fourth-order valence-electron chi connectivity index (χ4n) is 3.10. The average molecular weight is 324 g/mol. The van der Waals surface area contributed by atoms with Crippen LogP contribution in [0, 0.1) is 5.82 Å². The lowest BCUT2D eigenvalue weighted by Crippen LogP contribution is -2.35. The van der Waals surface area contributed by atoms with E-state index in [0.717, 1.165) is 31.5 Å². The molecular formula is C18H17FN4O. The summed E-state index contributed by atoms with van der Waals surface area (Å²) < 4.78 is 13.1. The monoisotopic (exact) mass is 324 g/mol. The molecular weight excluding hydrogens is 307 g/mol. The van der Waals surface area contributed by atoms with Gasteiger partial charge < -0.3 is 9.88 Å². The third kappa shape index (κ3) is 2.64.